The molecule has 0 unspecified atom stereocenters. The van der Waals surface area contributed by atoms with Gasteiger partial charge in [0.15, 0.2) is 0 Å². The molecular weight excluding hydrogens is 536 g/mol. The summed E-state index contributed by atoms with van der Waals surface area (Å²) in [6.07, 6.45) is 5.65. The van der Waals surface area contributed by atoms with Crippen LogP contribution in [-0.2, 0) is 23.1 Å². The molecule has 3 aromatic carbocycles. The Labute approximate surface area is 247 Å². The molecule has 0 bridgehead atoms. The molecule has 0 amide bonds. The molecule has 7 heteroatoms. The third-order valence-corrected chi connectivity index (χ3v) is 9.62. The highest BCUT2D eigenvalue weighted by Gasteiger charge is 2.43. The number of aryl methyl sites for hydroxylation is 1. The molecule has 0 saturated heterocycles. The van der Waals surface area contributed by atoms with Gasteiger partial charge in [-0.15, -0.1) is 0 Å². The molecule has 1 N–H and O–H groups in total. The summed E-state index contributed by atoms with van der Waals surface area (Å²) in [4.78, 5) is 15.0. The number of hydrogen-bond donors (Lipinski definition) is 1. The summed E-state index contributed by atoms with van der Waals surface area (Å²) in [5, 5.41) is 4.48. The lowest BCUT2D eigenvalue weighted by atomic mass is 9.69. The second-order valence-electron chi connectivity index (χ2n) is 11.9. The number of benzene rings is 3. The minimum absolute atomic E-state index is 0.130. The number of esters is 1. The monoisotopic (exact) mass is 574 g/mol. The molecule has 1 saturated carbocycles. The molecule has 2 aliphatic carbocycles. The molecule has 6 rings (SSSR count). The second-order valence-corrected chi connectivity index (χ2v) is 12.3. The molecular formula is C34H39ClN2O4. The number of carbonyl (C=O) groups excluding carboxylic acids is 1. The summed E-state index contributed by atoms with van der Waals surface area (Å²) in [5.74, 6) is 2.57. The molecule has 6 nitrogen and oxygen atoms in total. The van der Waals surface area contributed by atoms with Gasteiger partial charge in [-0.25, -0.2) is 4.79 Å². The lowest BCUT2D eigenvalue weighted by Gasteiger charge is -2.44. The Morgan fingerprint density at radius 2 is 1.90 bits per heavy atom. The molecule has 0 aromatic heterocycles. The molecule has 1 spiro atoms. The zero-order valence-electron chi connectivity index (χ0n) is 24.0. The maximum atomic E-state index is 12.5. The number of halogens is 1. The molecule has 1 fully saturated rings. The lowest BCUT2D eigenvalue weighted by Crippen LogP contribution is -2.49. The first-order valence-electron chi connectivity index (χ1n) is 14.7. The van der Waals surface area contributed by atoms with Crippen molar-refractivity contribution in [2.75, 3.05) is 45.4 Å². The fourth-order valence-electron chi connectivity index (χ4n) is 6.93. The zero-order valence-corrected chi connectivity index (χ0v) is 24.7. The summed E-state index contributed by atoms with van der Waals surface area (Å²) in [5.41, 5.74) is 5.35. The van der Waals surface area contributed by atoms with Crippen molar-refractivity contribution in [3.05, 3.63) is 87.9 Å². The first-order chi connectivity index (χ1) is 20.0. The SMILES string of the molecule is COC(=O)c1ccc2c(c1)N(C[C@@H]1CC[C@H]1CNCc1ccc(OC)cc1)C[C@@]1(CCCc3cc(Cl)ccc31)CO2. The van der Waals surface area contributed by atoms with E-state index in [9.17, 15) is 4.79 Å². The molecule has 1 heterocycles. The Morgan fingerprint density at radius 3 is 2.66 bits per heavy atom. The van der Waals surface area contributed by atoms with Gasteiger partial charge in [0.25, 0.3) is 0 Å². The van der Waals surface area contributed by atoms with Crippen molar-refractivity contribution in [1.82, 2.24) is 5.32 Å². The van der Waals surface area contributed by atoms with Crippen LogP contribution in [0.3, 0.4) is 0 Å². The van der Waals surface area contributed by atoms with Crippen LogP contribution in [0.15, 0.2) is 60.7 Å². The van der Waals surface area contributed by atoms with Crippen LogP contribution in [0, 0.1) is 11.8 Å². The molecule has 41 heavy (non-hydrogen) atoms. The third kappa shape index (κ3) is 5.77. The van der Waals surface area contributed by atoms with E-state index in [0.717, 1.165) is 67.7 Å². The van der Waals surface area contributed by atoms with Crippen molar-refractivity contribution in [3.8, 4) is 11.5 Å². The minimum Gasteiger partial charge on any atom is -0.497 e. The van der Waals surface area contributed by atoms with E-state index >= 15 is 0 Å². The van der Waals surface area contributed by atoms with Gasteiger partial charge in [0.05, 0.1) is 32.1 Å². The predicted molar refractivity (Wildman–Crippen MR) is 162 cm³/mol. The number of nitrogens with one attached hydrogen (secondary N) is 1. The number of hydrogen-bond acceptors (Lipinski definition) is 6. The first-order valence-corrected chi connectivity index (χ1v) is 15.1. The van der Waals surface area contributed by atoms with Crippen molar-refractivity contribution >= 4 is 23.3 Å². The number of nitrogens with zero attached hydrogens (tertiary/aromatic N) is 1. The molecule has 3 aromatic rings. The van der Waals surface area contributed by atoms with Crippen LogP contribution in [0.25, 0.3) is 0 Å². The van der Waals surface area contributed by atoms with Gasteiger partial charge in [-0.1, -0.05) is 29.8 Å². The lowest BCUT2D eigenvalue weighted by molar-refractivity contribution is 0.0600. The van der Waals surface area contributed by atoms with E-state index in [1.165, 1.54) is 36.6 Å². The Bertz CT molecular complexity index is 1390. The normalized spacial score (nSPS) is 23.0. The zero-order chi connectivity index (χ0) is 28.4. The number of rotatable bonds is 8. The maximum Gasteiger partial charge on any atom is 0.337 e. The maximum absolute atomic E-state index is 12.5. The van der Waals surface area contributed by atoms with Crippen molar-refractivity contribution in [2.45, 2.75) is 44.1 Å². The largest absolute Gasteiger partial charge is 0.497 e. The first kappa shape index (κ1) is 27.9. The van der Waals surface area contributed by atoms with Gasteiger partial charge in [0.1, 0.15) is 11.5 Å². The van der Waals surface area contributed by atoms with E-state index in [2.05, 4.69) is 34.5 Å². The minimum atomic E-state index is -0.325. The second kappa shape index (κ2) is 11.9. The standard InChI is InChI=1S/C34H39ClN2O4/c1-39-29-11-5-23(6-12-29)18-36-19-26-7-8-27(26)20-37-21-34(15-3-4-24-16-28(35)10-13-30(24)34)22-41-32-14-9-25(17-31(32)37)33(38)40-2/h5-6,9-14,16-17,26-27,36H,3-4,7-8,15,18-22H2,1-2H3/t26-,27-,34-/m0/s1. The Morgan fingerprint density at radius 1 is 1.07 bits per heavy atom. The van der Waals surface area contributed by atoms with Crippen LogP contribution in [-0.4, -0.2) is 46.4 Å². The Balaban J connectivity index is 1.23. The van der Waals surface area contributed by atoms with Crippen molar-refractivity contribution < 1.29 is 19.0 Å². The van der Waals surface area contributed by atoms with Crippen molar-refractivity contribution in [3.63, 3.8) is 0 Å². The van der Waals surface area contributed by atoms with Gasteiger partial charge in [-0.3, -0.25) is 0 Å². The van der Waals surface area contributed by atoms with E-state index in [-0.39, 0.29) is 11.4 Å². The quantitative estimate of drug-likeness (QED) is 0.313. The average molecular weight is 575 g/mol. The van der Waals surface area contributed by atoms with Gasteiger partial charge in [0.2, 0.25) is 0 Å². The summed E-state index contributed by atoms with van der Waals surface area (Å²) in [6, 6.07) is 20.3. The van der Waals surface area contributed by atoms with Gasteiger partial charge >= 0.3 is 5.97 Å². The number of fused-ring (bicyclic) bond motifs is 3. The molecule has 0 radical (unpaired) electrons. The fraction of sp³-hybridized carbons (Fsp3) is 0.441. The Hall–Kier alpha value is -3.22. The highest BCUT2D eigenvalue weighted by molar-refractivity contribution is 6.30. The van der Waals surface area contributed by atoms with Crippen LogP contribution in [0.5, 0.6) is 11.5 Å². The van der Waals surface area contributed by atoms with Crippen molar-refractivity contribution in [1.29, 1.82) is 0 Å². The van der Waals surface area contributed by atoms with Crippen LogP contribution < -0.4 is 19.7 Å². The number of anilines is 1. The van der Waals surface area contributed by atoms with Crippen LogP contribution in [0.4, 0.5) is 5.69 Å². The van der Waals surface area contributed by atoms with Gasteiger partial charge < -0.3 is 24.4 Å². The molecule has 216 valence electrons. The van der Waals surface area contributed by atoms with E-state index in [4.69, 9.17) is 25.8 Å². The smallest absolute Gasteiger partial charge is 0.337 e. The summed E-state index contributed by atoms with van der Waals surface area (Å²) < 4.78 is 16.9. The van der Waals surface area contributed by atoms with Gasteiger partial charge in [-0.05, 0) is 110 Å². The summed E-state index contributed by atoms with van der Waals surface area (Å²) >= 11 is 6.41. The van der Waals surface area contributed by atoms with E-state index in [0.29, 0.717) is 24.0 Å². The topological polar surface area (TPSA) is 60.0 Å². The highest BCUT2D eigenvalue weighted by atomic mass is 35.5. The van der Waals surface area contributed by atoms with Gasteiger partial charge in [0, 0.05) is 30.1 Å². The number of ether oxygens (including phenoxy) is 3. The van der Waals surface area contributed by atoms with E-state index in [1.807, 2.05) is 36.4 Å². The number of methoxy groups -OCH3 is 2. The molecule has 3 aliphatic rings. The van der Waals surface area contributed by atoms with Crippen LogP contribution in [0.2, 0.25) is 5.02 Å². The molecule has 3 atom stereocenters. The Kier molecular flexibility index (Phi) is 8.14. The van der Waals surface area contributed by atoms with E-state index in [1.54, 1.807) is 7.11 Å². The highest BCUT2D eigenvalue weighted by Crippen LogP contribution is 2.46. The van der Waals surface area contributed by atoms with Crippen LogP contribution >= 0.6 is 11.6 Å². The third-order valence-electron chi connectivity index (χ3n) is 9.38. The molecule has 1 aliphatic heterocycles. The summed E-state index contributed by atoms with van der Waals surface area (Å²) in [6.45, 7) is 4.23. The summed E-state index contributed by atoms with van der Waals surface area (Å²) in [7, 11) is 3.12. The predicted octanol–water partition coefficient (Wildman–Crippen LogP) is 6.42. The van der Waals surface area contributed by atoms with Crippen molar-refractivity contribution in [2.24, 2.45) is 11.8 Å². The number of carbonyl (C=O) groups is 1. The average Bonchev–Trinajstić information content (AvgIpc) is 3.14. The fourth-order valence-corrected chi connectivity index (χ4v) is 7.13. The van der Waals surface area contributed by atoms with Crippen LogP contribution in [0.1, 0.15) is 52.7 Å². The van der Waals surface area contributed by atoms with E-state index < -0.39 is 0 Å². The van der Waals surface area contributed by atoms with Gasteiger partial charge in [-0.2, -0.15) is 0 Å².